The number of carbonyl (C=O) groups excluding carboxylic acids is 2. The van der Waals surface area contributed by atoms with Crippen molar-refractivity contribution in [3.8, 4) is 17.0 Å². The lowest BCUT2D eigenvalue weighted by Gasteiger charge is -2.08. The standard InChI is InChI=1S/C20H21N5O5S/c1-30-15-7-9-16(10-8-15)31(28,29)21-12-11-19(26)24-25-20(27)18-13-17(22-23-18)14-5-3-2-4-6-14/h2-10,13,21H,11-12H2,1H3,(H,22,23)(H,24,26)(H,25,27). The van der Waals surface area contributed by atoms with Crippen molar-refractivity contribution >= 4 is 21.8 Å². The van der Waals surface area contributed by atoms with Crippen molar-refractivity contribution in [1.29, 1.82) is 0 Å². The second kappa shape index (κ2) is 9.87. The second-order valence-corrected chi connectivity index (χ2v) is 8.13. The predicted molar refractivity (Wildman–Crippen MR) is 112 cm³/mol. The zero-order valence-corrected chi connectivity index (χ0v) is 17.4. The normalized spacial score (nSPS) is 11.0. The number of nitrogens with zero attached hydrogens (tertiary/aromatic N) is 1. The van der Waals surface area contributed by atoms with Crippen LogP contribution in [-0.4, -0.2) is 44.1 Å². The van der Waals surface area contributed by atoms with Crippen molar-refractivity contribution < 1.29 is 22.7 Å². The number of rotatable bonds is 8. The van der Waals surface area contributed by atoms with E-state index in [9.17, 15) is 18.0 Å². The number of sulfonamides is 1. The van der Waals surface area contributed by atoms with E-state index in [1.54, 1.807) is 6.07 Å². The van der Waals surface area contributed by atoms with Gasteiger partial charge in [-0.3, -0.25) is 25.5 Å². The van der Waals surface area contributed by atoms with Crippen LogP contribution in [0.2, 0.25) is 0 Å². The van der Waals surface area contributed by atoms with Crippen molar-refractivity contribution in [2.45, 2.75) is 11.3 Å². The zero-order valence-electron chi connectivity index (χ0n) is 16.6. The van der Waals surface area contributed by atoms with Crippen molar-refractivity contribution in [2.75, 3.05) is 13.7 Å². The van der Waals surface area contributed by atoms with E-state index in [2.05, 4.69) is 25.8 Å². The molecule has 162 valence electrons. The SMILES string of the molecule is COc1ccc(S(=O)(=O)NCCC(=O)NNC(=O)c2cc(-c3ccccc3)n[nH]2)cc1. The average molecular weight is 443 g/mol. The summed E-state index contributed by atoms with van der Waals surface area (Å²) in [5.74, 6) is -0.613. The Balaban J connectivity index is 1.44. The summed E-state index contributed by atoms with van der Waals surface area (Å²) in [6.45, 7) is -0.141. The number of hydrazine groups is 1. The molecule has 10 nitrogen and oxygen atoms in total. The second-order valence-electron chi connectivity index (χ2n) is 6.36. The first-order valence-corrected chi connectivity index (χ1v) is 10.7. The van der Waals surface area contributed by atoms with Crippen LogP contribution >= 0.6 is 0 Å². The van der Waals surface area contributed by atoms with E-state index in [1.807, 2.05) is 30.3 Å². The number of amides is 2. The van der Waals surface area contributed by atoms with Gasteiger partial charge in [0.1, 0.15) is 11.4 Å². The summed E-state index contributed by atoms with van der Waals surface area (Å²) in [5.41, 5.74) is 6.08. The molecule has 0 radical (unpaired) electrons. The maximum Gasteiger partial charge on any atom is 0.287 e. The van der Waals surface area contributed by atoms with Gasteiger partial charge in [0, 0.05) is 18.5 Å². The topological polar surface area (TPSA) is 142 Å². The van der Waals surface area contributed by atoms with E-state index >= 15 is 0 Å². The van der Waals surface area contributed by atoms with Crippen molar-refractivity contribution in [3.63, 3.8) is 0 Å². The minimum absolute atomic E-state index is 0.0514. The minimum atomic E-state index is -3.76. The maximum atomic E-state index is 12.2. The van der Waals surface area contributed by atoms with Crippen LogP contribution in [0.5, 0.6) is 5.75 Å². The molecule has 31 heavy (non-hydrogen) atoms. The molecule has 2 amide bonds. The lowest BCUT2D eigenvalue weighted by atomic mass is 10.1. The molecule has 0 saturated heterocycles. The van der Waals surface area contributed by atoms with Crippen molar-refractivity contribution in [1.82, 2.24) is 25.8 Å². The highest BCUT2D eigenvalue weighted by Gasteiger charge is 2.15. The maximum absolute atomic E-state index is 12.2. The lowest BCUT2D eigenvalue weighted by molar-refractivity contribution is -0.121. The Hall–Kier alpha value is -3.70. The van der Waals surface area contributed by atoms with E-state index in [4.69, 9.17) is 4.74 Å². The molecule has 2 aromatic carbocycles. The number of benzene rings is 2. The Bertz CT molecular complexity index is 1140. The van der Waals surface area contributed by atoms with Crippen LogP contribution in [0, 0.1) is 0 Å². The molecule has 0 saturated carbocycles. The summed E-state index contributed by atoms with van der Waals surface area (Å²) in [7, 11) is -2.29. The summed E-state index contributed by atoms with van der Waals surface area (Å²) in [6.07, 6.45) is -0.173. The number of aromatic nitrogens is 2. The number of ether oxygens (including phenoxy) is 1. The third-order valence-corrected chi connectivity index (χ3v) is 5.70. The lowest BCUT2D eigenvalue weighted by Crippen LogP contribution is -2.43. The van der Waals surface area contributed by atoms with Crippen LogP contribution < -0.4 is 20.3 Å². The van der Waals surface area contributed by atoms with E-state index in [-0.39, 0.29) is 23.6 Å². The van der Waals surface area contributed by atoms with Gasteiger partial charge in [0.25, 0.3) is 5.91 Å². The van der Waals surface area contributed by atoms with Crippen LogP contribution in [0.4, 0.5) is 0 Å². The molecule has 0 aliphatic heterocycles. The molecular weight excluding hydrogens is 422 g/mol. The molecule has 0 unspecified atom stereocenters. The van der Waals surface area contributed by atoms with Gasteiger partial charge in [0.2, 0.25) is 15.9 Å². The van der Waals surface area contributed by atoms with E-state index in [1.165, 1.54) is 31.4 Å². The van der Waals surface area contributed by atoms with Crippen LogP contribution in [0.25, 0.3) is 11.3 Å². The number of hydrogen-bond acceptors (Lipinski definition) is 6. The largest absolute Gasteiger partial charge is 0.497 e. The molecule has 0 atom stereocenters. The first-order chi connectivity index (χ1) is 14.9. The molecule has 0 spiro atoms. The summed E-state index contributed by atoms with van der Waals surface area (Å²) in [6, 6.07) is 16.7. The Kier molecular flexibility index (Phi) is 7.00. The highest BCUT2D eigenvalue weighted by molar-refractivity contribution is 7.89. The fourth-order valence-corrected chi connectivity index (χ4v) is 3.62. The van der Waals surface area contributed by atoms with Gasteiger partial charge < -0.3 is 4.74 Å². The fraction of sp³-hybridized carbons (Fsp3) is 0.150. The third kappa shape index (κ3) is 5.90. The van der Waals surface area contributed by atoms with Gasteiger partial charge in [-0.05, 0) is 30.3 Å². The molecule has 0 bridgehead atoms. The van der Waals surface area contributed by atoms with Gasteiger partial charge >= 0.3 is 0 Å². The summed E-state index contributed by atoms with van der Waals surface area (Å²) in [4.78, 5) is 24.1. The van der Waals surface area contributed by atoms with Gasteiger partial charge in [0.15, 0.2) is 0 Å². The third-order valence-electron chi connectivity index (χ3n) is 4.22. The first kappa shape index (κ1) is 22.0. The molecule has 3 aromatic rings. The number of H-pyrrole nitrogens is 1. The van der Waals surface area contributed by atoms with Crippen LogP contribution in [0.15, 0.2) is 65.6 Å². The molecule has 0 aliphatic carbocycles. The van der Waals surface area contributed by atoms with Gasteiger partial charge in [-0.1, -0.05) is 30.3 Å². The van der Waals surface area contributed by atoms with Gasteiger partial charge in [-0.2, -0.15) is 5.10 Å². The van der Waals surface area contributed by atoms with E-state index < -0.39 is 21.8 Å². The average Bonchev–Trinajstić information content (AvgIpc) is 3.28. The smallest absolute Gasteiger partial charge is 0.287 e. The Morgan fingerprint density at radius 2 is 1.74 bits per heavy atom. The Morgan fingerprint density at radius 1 is 1.03 bits per heavy atom. The first-order valence-electron chi connectivity index (χ1n) is 9.23. The molecule has 4 N–H and O–H groups in total. The fourth-order valence-electron chi connectivity index (χ4n) is 2.59. The number of hydrogen-bond donors (Lipinski definition) is 4. The van der Waals surface area contributed by atoms with Crippen molar-refractivity contribution in [3.05, 3.63) is 66.4 Å². The van der Waals surface area contributed by atoms with Crippen LogP contribution in [0.3, 0.4) is 0 Å². The number of carbonyl (C=O) groups is 2. The molecule has 1 heterocycles. The van der Waals surface area contributed by atoms with Gasteiger partial charge in [0.05, 0.1) is 17.7 Å². The monoisotopic (exact) mass is 443 g/mol. The highest BCUT2D eigenvalue weighted by Crippen LogP contribution is 2.17. The summed E-state index contributed by atoms with van der Waals surface area (Å²) < 4.78 is 31.8. The number of nitrogens with one attached hydrogen (secondary N) is 4. The van der Waals surface area contributed by atoms with Gasteiger partial charge in [-0.15, -0.1) is 0 Å². The number of methoxy groups -OCH3 is 1. The van der Waals surface area contributed by atoms with E-state index in [0.29, 0.717) is 11.4 Å². The van der Waals surface area contributed by atoms with Gasteiger partial charge in [-0.25, -0.2) is 13.1 Å². The Morgan fingerprint density at radius 3 is 2.42 bits per heavy atom. The van der Waals surface area contributed by atoms with Crippen molar-refractivity contribution in [2.24, 2.45) is 0 Å². The molecule has 3 rings (SSSR count). The Labute approximate surface area is 179 Å². The molecule has 1 aromatic heterocycles. The van der Waals surface area contributed by atoms with Crippen LogP contribution in [0.1, 0.15) is 16.9 Å². The van der Waals surface area contributed by atoms with Crippen LogP contribution in [-0.2, 0) is 14.8 Å². The molecular formula is C20H21N5O5S. The predicted octanol–water partition coefficient (Wildman–Crippen LogP) is 1.21. The zero-order chi connectivity index (χ0) is 22.3. The molecule has 0 aliphatic rings. The molecule has 0 fully saturated rings. The number of aromatic amines is 1. The van der Waals surface area contributed by atoms with E-state index in [0.717, 1.165) is 5.56 Å². The minimum Gasteiger partial charge on any atom is -0.497 e. The highest BCUT2D eigenvalue weighted by atomic mass is 32.2. The molecule has 11 heteroatoms. The summed E-state index contributed by atoms with van der Waals surface area (Å²) >= 11 is 0. The quantitative estimate of drug-likeness (QED) is 0.386. The summed E-state index contributed by atoms with van der Waals surface area (Å²) in [5, 5.41) is 6.67.